The lowest BCUT2D eigenvalue weighted by Gasteiger charge is -2.16. The van der Waals surface area contributed by atoms with Crippen molar-refractivity contribution in [3.05, 3.63) is 11.3 Å². The molecule has 0 amide bonds. The van der Waals surface area contributed by atoms with Crippen LogP contribution in [-0.2, 0) is 4.74 Å². The topological polar surface area (TPSA) is 61.2 Å². The van der Waals surface area contributed by atoms with Gasteiger partial charge in [0.2, 0.25) is 0 Å². The summed E-state index contributed by atoms with van der Waals surface area (Å²) in [6, 6.07) is 2.17. The number of ether oxygens (including phenoxy) is 1. The van der Waals surface area contributed by atoms with Crippen molar-refractivity contribution in [1.29, 1.82) is 5.26 Å². The Morgan fingerprint density at radius 3 is 2.94 bits per heavy atom. The average molecular weight is 254 g/mol. The highest BCUT2D eigenvalue weighted by molar-refractivity contribution is 7.10. The second kappa shape index (κ2) is 7.22. The van der Waals surface area contributed by atoms with E-state index >= 15 is 0 Å². The summed E-state index contributed by atoms with van der Waals surface area (Å²) in [6.07, 6.45) is 0. The molecule has 0 aliphatic carbocycles. The van der Waals surface area contributed by atoms with Gasteiger partial charge in [0.1, 0.15) is 16.6 Å². The molecule has 0 radical (unpaired) electrons. The van der Waals surface area contributed by atoms with E-state index in [1.807, 2.05) is 14.0 Å². The van der Waals surface area contributed by atoms with Crippen LogP contribution in [0.15, 0.2) is 0 Å². The van der Waals surface area contributed by atoms with Crippen molar-refractivity contribution < 1.29 is 4.74 Å². The van der Waals surface area contributed by atoms with Crippen LogP contribution in [0.1, 0.15) is 11.3 Å². The number of nitrogens with zero attached hydrogens (tertiary/aromatic N) is 3. The minimum absolute atomic E-state index is 0.662. The van der Waals surface area contributed by atoms with E-state index in [1.165, 1.54) is 11.5 Å². The van der Waals surface area contributed by atoms with Crippen molar-refractivity contribution in [3.8, 4) is 6.07 Å². The van der Waals surface area contributed by atoms with Crippen LogP contribution in [0.5, 0.6) is 0 Å². The molecule has 0 aliphatic heterocycles. The van der Waals surface area contributed by atoms with Gasteiger partial charge in [-0.15, -0.1) is 0 Å². The summed E-state index contributed by atoms with van der Waals surface area (Å²) in [5.41, 5.74) is 1.46. The SMILES string of the molecule is COCCN(C)CCNc1snc(C)c1C#N. The molecule has 0 bridgehead atoms. The van der Waals surface area contributed by atoms with Crippen molar-refractivity contribution in [3.63, 3.8) is 0 Å². The zero-order valence-corrected chi connectivity index (χ0v) is 11.3. The predicted octanol–water partition coefficient (Wildman–Crippen LogP) is 1.31. The highest BCUT2D eigenvalue weighted by Crippen LogP contribution is 2.22. The van der Waals surface area contributed by atoms with Gasteiger partial charge in [0.05, 0.1) is 12.3 Å². The molecule has 0 saturated heterocycles. The van der Waals surface area contributed by atoms with E-state index in [0.29, 0.717) is 5.56 Å². The Morgan fingerprint density at radius 1 is 1.53 bits per heavy atom. The maximum Gasteiger partial charge on any atom is 0.127 e. The number of hydrogen-bond acceptors (Lipinski definition) is 6. The predicted molar refractivity (Wildman–Crippen MR) is 69.4 cm³/mol. The molecule has 1 heterocycles. The van der Waals surface area contributed by atoms with Gasteiger partial charge in [0, 0.05) is 26.7 Å². The van der Waals surface area contributed by atoms with Crippen LogP contribution < -0.4 is 5.32 Å². The Hall–Kier alpha value is -1.16. The van der Waals surface area contributed by atoms with Crippen LogP contribution in [0.3, 0.4) is 0 Å². The third-order valence-electron chi connectivity index (χ3n) is 2.43. The van der Waals surface area contributed by atoms with E-state index < -0.39 is 0 Å². The van der Waals surface area contributed by atoms with Crippen LogP contribution in [0, 0.1) is 18.3 Å². The molecule has 6 heteroatoms. The Labute approximate surface area is 106 Å². The molecule has 1 rings (SSSR count). The summed E-state index contributed by atoms with van der Waals surface area (Å²) < 4.78 is 9.16. The second-order valence-electron chi connectivity index (χ2n) is 3.81. The van der Waals surface area contributed by atoms with Crippen molar-refractivity contribution in [2.24, 2.45) is 0 Å². The first-order chi connectivity index (χ1) is 8.19. The minimum atomic E-state index is 0.662. The smallest absolute Gasteiger partial charge is 0.127 e. The molecule has 0 spiro atoms. The summed E-state index contributed by atoms with van der Waals surface area (Å²) in [4.78, 5) is 2.18. The van der Waals surface area contributed by atoms with E-state index in [-0.39, 0.29) is 0 Å². The average Bonchev–Trinajstić information content (AvgIpc) is 2.67. The monoisotopic (exact) mass is 254 g/mol. The van der Waals surface area contributed by atoms with E-state index in [9.17, 15) is 0 Å². The molecule has 17 heavy (non-hydrogen) atoms. The lowest BCUT2D eigenvalue weighted by Crippen LogP contribution is -2.28. The molecule has 1 N–H and O–H groups in total. The lowest BCUT2D eigenvalue weighted by atomic mass is 10.3. The number of aromatic nitrogens is 1. The number of nitrogens with one attached hydrogen (secondary N) is 1. The maximum absolute atomic E-state index is 8.96. The first kappa shape index (κ1) is 13.9. The van der Waals surface area contributed by atoms with Crippen molar-refractivity contribution in [1.82, 2.24) is 9.27 Å². The Kier molecular flexibility index (Phi) is 5.91. The molecule has 1 aromatic rings. The largest absolute Gasteiger partial charge is 0.383 e. The summed E-state index contributed by atoms with van der Waals surface area (Å²) in [7, 11) is 3.75. The van der Waals surface area contributed by atoms with Crippen LogP contribution in [0.25, 0.3) is 0 Å². The summed E-state index contributed by atoms with van der Waals surface area (Å²) in [6.45, 7) is 5.21. The lowest BCUT2D eigenvalue weighted by molar-refractivity contribution is 0.163. The Balaban J connectivity index is 2.33. The van der Waals surface area contributed by atoms with Crippen molar-refractivity contribution >= 4 is 16.5 Å². The number of aryl methyl sites for hydroxylation is 1. The number of likely N-dealkylation sites (N-methyl/N-ethyl adjacent to an activating group) is 1. The molecule has 0 aliphatic rings. The molecule has 0 unspecified atom stereocenters. The fourth-order valence-electron chi connectivity index (χ4n) is 1.34. The van der Waals surface area contributed by atoms with Gasteiger partial charge in [-0.25, -0.2) is 0 Å². The van der Waals surface area contributed by atoms with Gasteiger partial charge in [-0.2, -0.15) is 9.64 Å². The van der Waals surface area contributed by atoms with Gasteiger partial charge in [0.15, 0.2) is 0 Å². The van der Waals surface area contributed by atoms with Crippen molar-refractivity contribution in [2.45, 2.75) is 6.92 Å². The van der Waals surface area contributed by atoms with Crippen LogP contribution >= 0.6 is 11.5 Å². The quantitative estimate of drug-likeness (QED) is 0.795. The van der Waals surface area contributed by atoms with Crippen LogP contribution in [0.4, 0.5) is 5.00 Å². The summed E-state index contributed by atoms with van der Waals surface area (Å²) in [5.74, 6) is 0. The zero-order valence-electron chi connectivity index (χ0n) is 10.5. The number of anilines is 1. The summed E-state index contributed by atoms with van der Waals surface area (Å²) in [5, 5.41) is 13.1. The number of nitriles is 1. The standard InChI is InChI=1S/C11H18N4OS/c1-9-10(8-12)11(17-14-9)13-4-5-15(2)6-7-16-3/h13H,4-7H2,1-3H3. The van der Waals surface area contributed by atoms with Gasteiger partial charge in [0.25, 0.3) is 0 Å². The molecule has 0 fully saturated rings. The molecule has 94 valence electrons. The Bertz CT molecular complexity index is 385. The molecule has 0 saturated carbocycles. The van der Waals surface area contributed by atoms with Crippen LogP contribution in [-0.4, -0.2) is 49.7 Å². The van der Waals surface area contributed by atoms with Gasteiger partial charge in [-0.05, 0) is 25.5 Å². The normalized spacial score (nSPS) is 10.5. The number of rotatable bonds is 7. The van der Waals surface area contributed by atoms with E-state index in [4.69, 9.17) is 10.00 Å². The first-order valence-electron chi connectivity index (χ1n) is 5.46. The van der Waals surface area contributed by atoms with E-state index in [2.05, 4.69) is 20.7 Å². The van der Waals surface area contributed by atoms with Gasteiger partial charge < -0.3 is 15.0 Å². The fourth-order valence-corrected chi connectivity index (χ4v) is 2.11. The Morgan fingerprint density at radius 2 is 2.29 bits per heavy atom. The molecule has 5 nitrogen and oxygen atoms in total. The van der Waals surface area contributed by atoms with Gasteiger partial charge >= 0.3 is 0 Å². The third kappa shape index (κ3) is 4.30. The number of hydrogen-bond donors (Lipinski definition) is 1. The van der Waals surface area contributed by atoms with E-state index in [0.717, 1.165) is 36.9 Å². The minimum Gasteiger partial charge on any atom is -0.383 e. The maximum atomic E-state index is 8.96. The van der Waals surface area contributed by atoms with Crippen molar-refractivity contribution in [2.75, 3.05) is 45.7 Å². The molecular formula is C11H18N4OS. The highest BCUT2D eigenvalue weighted by Gasteiger charge is 2.09. The van der Waals surface area contributed by atoms with Gasteiger partial charge in [-0.3, -0.25) is 0 Å². The highest BCUT2D eigenvalue weighted by atomic mass is 32.1. The first-order valence-corrected chi connectivity index (χ1v) is 6.24. The van der Waals surface area contributed by atoms with Gasteiger partial charge in [-0.1, -0.05) is 0 Å². The third-order valence-corrected chi connectivity index (χ3v) is 3.33. The fraction of sp³-hybridized carbons (Fsp3) is 0.636. The number of methoxy groups -OCH3 is 1. The zero-order chi connectivity index (χ0) is 12.7. The van der Waals surface area contributed by atoms with Crippen LogP contribution in [0.2, 0.25) is 0 Å². The summed E-state index contributed by atoms with van der Waals surface area (Å²) >= 11 is 1.34. The molecular weight excluding hydrogens is 236 g/mol. The van der Waals surface area contributed by atoms with E-state index in [1.54, 1.807) is 7.11 Å². The molecule has 1 aromatic heterocycles. The second-order valence-corrected chi connectivity index (χ2v) is 4.58. The molecule has 0 atom stereocenters. The molecule has 0 aromatic carbocycles.